The van der Waals surface area contributed by atoms with E-state index in [0.717, 1.165) is 21.3 Å². The lowest BCUT2D eigenvalue weighted by Crippen LogP contribution is -2.44. The Morgan fingerprint density at radius 1 is 1.15 bits per heavy atom. The van der Waals surface area contributed by atoms with Gasteiger partial charge in [0.25, 0.3) is 0 Å². The fraction of sp³-hybridized carbons (Fsp3) is 0.240. The minimum atomic E-state index is -4.03. The normalized spacial score (nSPS) is 15.4. The Bertz CT molecular complexity index is 1320. The van der Waals surface area contributed by atoms with Gasteiger partial charge in [0.15, 0.2) is 0 Å². The molecule has 0 fully saturated rings. The predicted octanol–water partition coefficient (Wildman–Crippen LogP) is 5.28. The van der Waals surface area contributed by atoms with Gasteiger partial charge in [0.2, 0.25) is 15.9 Å². The van der Waals surface area contributed by atoms with Crippen LogP contribution in [0.15, 0.2) is 76.1 Å². The molecule has 0 unspecified atom stereocenters. The maximum Gasteiger partial charge on any atom is 0.243 e. The van der Waals surface area contributed by atoms with E-state index >= 15 is 0 Å². The van der Waals surface area contributed by atoms with E-state index in [1.807, 2.05) is 55.5 Å². The molecule has 3 aromatic carbocycles. The van der Waals surface area contributed by atoms with Crippen molar-refractivity contribution in [1.29, 1.82) is 0 Å². The van der Waals surface area contributed by atoms with E-state index in [1.54, 1.807) is 4.90 Å². The fourth-order valence-corrected chi connectivity index (χ4v) is 6.31. The van der Waals surface area contributed by atoms with Crippen molar-refractivity contribution in [3.8, 4) is 5.75 Å². The van der Waals surface area contributed by atoms with E-state index in [2.05, 4.69) is 15.9 Å². The molecule has 1 aliphatic rings. The molecule has 0 saturated carbocycles. The second-order valence-corrected chi connectivity index (χ2v) is 11.4. The second-order valence-electron chi connectivity index (χ2n) is 8.14. The summed E-state index contributed by atoms with van der Waals surface area (Å²) in [4.78, 5) is 15.2. The molecule has 1 atom stereocenters. The average Bonchev–Trinajstić information content (AvgIpc) is 3.13. The van der Waals surface area contributed by atoms with Crippen LogP contribution in [-0.4, -0.2) is 38.3 Å². The van der Waals surface area contributed by atoms with Gasteiger partial charge in [-0.3, -0.25) is 4.79 Å². The Kier molecular flexibility index (Phi) is 7.33. The standard InChI is InChI=1S/C25H24BrClN2O4S/c1-17-12-19-13-20(26)8-10-23(19)29(17)25(30)16-28(15-18-6-4-3-5-7-18)34(31,32)21-9-11-24(33-2)22(27)14-21/h3-11,13-14,17H,12,15-16H2,1-2H3/t17-/m0/s1. The van der Waals surface area contributed by atoms with Gasteiger partial charge in [-0.2, -0.15) is 4.31 Å². The molecule has 34 heavy (non-hydrogen) atoms. The second kappa shape index (κ2) is 10.1. The number of methoxy groups -OCH3 is 1. The van der Waals surface area contributed by atoms with E-state index in [4.69, 9.17) is 16.3 Å². The number of carbonyl (C=O) groups excluding carboxylic acids is 1. The molecule has 178 valence electrons. The van der Waals surface area contributed by atoms with Crippen LogP contribution in [0.1, 0.15) is 18.1 Å². The van der Waals surface area contributed by atoms with Gasteiger partial charge in [0, 0.05) is 22.7 Å². The lowest BCUT2D eigenvalue weighted by Gasteiger charge is -2.28. The highest BCUT2D eigenvalue weighted by Gasteiger charge is 2.35. The number of benzene rings is 3. The van der Waals surface area contributed by atoms with Crippen molar-refractivity contribution in [3.05, 3.63) is 87.4 Å². The zero-order chi connectivity index (χ0) is 24.5. The first-order valence-electron chi connectivity index (χ1n) is 10.7. The van der Waals surface area contributed by atoms with Crippen molar-refractivity contribution in [3.63, 3.8) is 0 Å². The quantitative estimate of drug-likeness (QED) is 0.392. The van der Waals surface area contributed by atoms with Crippen LogP contribution >= 0.6 is 27.5 Å². The lowest BCUT2D eigenvalue weighted by atomic mass is 10.1. The van der Waals surface area contributed by atoms with Crippen LogP contribution in [0.3, 0.4) is 0 Å². The Labute approximate surface area is 213 Å². The van der Waals surface area contributed by atoms with Gasteiger partial charge >= 0.3 is 0 Å². The molecule has 3 aromatic rings. The molecule has 0 spiro atoms. The topological polar surface area (TPSA) is 66.9 Å². The summed E-state index contributed by atoms with van der Waals surface area (Å²) in [6.45, 7) is 1.71. The molecule has 0 aliphatic carbocycles. The summed E-state index contributed by atoms with van der Waals surface area (Å²) in [5.74, 6) is 0.0904. The smallest absolute Gasteiger partial charge is 0.243 e. The monoisotopic (exact) mass is 562 g/mol. The summed E-state index contributed by atoms with van der Waals surface area (Å²) in [5, 5.41) is 0.183. The minimum absolute atomic E-state index is 0.000771. The summed E-state index contributed by atoms with van der Waals surface area (Å²) >= 11 is 9.69. The molecule has 1 amide bonds. The molecule has 1 heterocycles. The van der Waals surface area contributed by atoms with Gasteiger partial charge < -0.3 is 9.64 Å². The van der Waals surface area contributed by atoms with Gasteiger partial charge in [-0.15, -0.1) is 0 Å². The van der Waals surface area contributed by atoms with Gasteiger partial charge in [-0.1, -0.05) is 57.9 Å². The number of sulfonamides is 1. The zero-order valence-corrected chi connectivity index (χ0v) is 21.9. The van der Waals surface area contributed by atoms with Crippen LogP contribution in [0.5, 0.6) is 5.75 Å². The summed E-state index contributed by atoms with van der Waals surface area (Å²) in [6.07, 6.45) is 0.708. The average molecular weight is 564 g/mol. The van der Waals surface area contributed by atoms with E-state index in [9.17, 15) is 13.2 Å². The molecule has 4 rings (SSSR count). The van der Waals surface area contributed by atoms with Crippen LogP contribution in [0.25, 0.3) is 0 Å². The van der Waals surface area contributed by atoms with Crippen LogP contribution in [-0.2, 0) is 27.8 Å². The maximum atomic E-state index is 13.7. The van der Waals surface area contributed by atoms with Gasteiger partial charge in [0.1, 0.15) is 5.75 Å². The van der Waals surface area contributed by atoms with Crippen LogP contribution < -0.4 is 9.64 Å². The molecule has 0 bridgehead atoms. The Hall–Kier alpha value is -2.39. The number of nitrogens with zero attached hydrogens (tertiary/aromatic N) is 2. The third kappa shape index (κ3) is 5.00. The van der Waals surface area contributed by atoms with Crippen molar-refractivity contribution in [1.82, 2.24) is 4.31 Å². The number of hydrogen-bond donors (Lipinski definition) is 0. The van der Waals surface area contributed by atoms with Crippen molar-refractivity contribution < 1.29 is 17.9 Å². The first kappa shape index (κ1) is 24.7. The van der Waals surface area contributed by atoms with Crippen LogP contribution in [0, 0.1) is 0 Å². The Morgan fingerprint density at radius 3 is 2.56 bits per heavy atom. The van der Waals surface area contributed by atoms with E-state index < -0.39 is 10.0 Å². The number of amides is 1. The van der Waals surface area contributed by atoms with Crippen molar-refractivity contribution in [2.45, 2.75) is 30.8 Å². The fourth-order valence-electron chi connectivity index (χ4n) is 4.18. The molecular weight excluding hydrogens is 540 g/mol. The number of rotatable bonds is 7. The Balaban J connectivity index is 1.68. The molecule has 6 nitrogen and oxygen atoms in total. The first-order chi connectivity index (χ1) is 16.2. The summed E-state index contributed by atoms with van der Waals surface area (Å²) < 4.78 is 34.6. The molecule has 0 saturated heterocycles. The number of halogens is 2. The van der Waals surface area contributed by atoms with E-state index in [0.29, 0.717) is 12.2 Å². The SMILES string of the molecule is COc1ccc(S(=O)(=O)N(CC(=O)N2c3ccc(Br)cc3C[C@@H]2C)Cc2ccccc2)cc1Cl. The lowest BCUT2D eigenvalue weighted by molar-refractivity contribution is -0.119. The number of fused-ring (bicyclic) bond motifs is 1. The number of ether oxygens (including phenoxy) is 1. The predicted molar refractivity (Wildman–Crippen MR) is 137 cm³/mol. The van der Waals surface area contributed by atoms with Crippen molar-refractivity contribution in [2.75, 3.05) is 18.6 Å². The van der Waals surface area contributed by atoms with Crippen molar-refractivity contribution in [2.24, 2.45) is 0 Å². The molecule has 9 heteroatoms. The summed E-state index contributed by atoms with van der Waals surface area (Å²) in [5.41, 5.74) is 2.64. The summed E-state index contributed by atoms with van der Waals surface area (Å²) in [7, 11) is -2.57. The largest absolute Gasteiger partial charge is 0.495 e. The number of hydrogen-bond acceptors (Lipinski definition) is 4. The Morgan fingerprint density at radius 2 is 1.88 bits per heavy atom. The third-order valence-electron chi connectivity index (χ3n) is 5.80. The van der Waals surface area contributed by atoms with Gasteiger partial charge in [-0.05, 0) is 60.9 Å². The van der Waals surface area contributed by atoms with E-state index in [-0.39, 0.29) is 35.0 Å². The molecule has 0 radical (unpaired) electrons. The van der Waals surface area contributed by atoms with Gasteiger partial charge in [0.05, 0.1) is 23.6 Å². The number of carbonyl (C=O) groups is 1. The highest BCUT2D eigenvalue weighted by molar-refractivity contribution is 9.10. The molecular formula is C25H24BrClN2O4S. The minimum Gasteiger partial charge on any atom is -0.495 e. The van der Waals surface area contributed by atoms with Crippen LogP contribution in [0.4, 0.5) is 5.69 Å². The van der Waals surface area contributed by atoms with E-state index in [1.165, 1.54) is 29.6 Å². The molecule has 0 N–H and O–H groups in total. The first-order valence-corrected chi connectivity index (χ1v) is 13.3. The van der Waals surface area contributed by atoms with Crippen molar-refractivity contribution >= 4 is 49.1 Å². The highest BCUT2D eigenvalue weighted by Crippen LogP contribution is 2.35. The maximum absolute atomic E-state index is 13.7. The third-order valence-corrected chi connectivity index (χ3v) is 8.38. The van der Waals surface area contributed by atoms with Crippen LogP contribution in [0.2, 0.25) is 5.02 Å². The highest BCUT2D eigenvalue weighted by atomic mass is 79.9. The van der Waals surface area contributed by atoms with Gasteiger partial charge in [-0.25, -0.2) is 8.42 Å². The summed E-state index contributed by atoms with van der Waals surface area (Å²) in [6, 6.07) is 19.2. The number of anilines is 1. The molecule has 0 aromatic heterocycles. The zero-order valence-electron chi connectivity index (χ0n) is 18.7. The molecule has 1 aliphatic heterocycles.